The summed E-state index contributed by atoms with van der Waals surface area (Å²) >= 11 is 0. The van der Waals surface area contributed by atoms with Gasteiger partial charge in [0.25, 0.3) is 5.56 Å². The Morgan fingerprint density at radius 3 is 2.38 bits per heavy atom. The fourth-order valence-corrected chi connectivity index (χ4v) is 8.90. The van der Waals surface area contributed by atoms with Crippen molar-refractivity contribution in [2.45, 2.75) is 82.0 Å². The summed E-state index contributed by atoms with van der Waals surface area (Å²) in [5.41, 5.74) is 1.67. The number of aromatic nitrogens is 2. The molecule has 34 heavy (non-hydrogen) atoms. The van der Waals surface area contributed by atoms with Gasteiger partial charge in [-0.2, -0.15) is 0 Å². The molecule has 4 bridgehead atoms. The molecule has 3 fully saturated rings. The minimum absolute atomic E-state index is 0.0616. The molecule has 0 spiro atoms. The minimum Gasteiger partial charge on any atom is -0.320 e. The van der Waals surface area contributed by atoms with Gasteiger partial charge in [-0.15, -0.1) is 0 Å². The zero-order chi connectivity index (χ0) is 23.2. The first-order chi connectivity index (χ1) is 16.4. The van der Waals surface area contributed by atoms with Crippen molar-refractivity contribution in [2.75, 3.05) is 0 Å². The van der Waals surface area contributed by atoms with Gasteiger partial charge in [-0.05, 0) is 81.3 Å². The molecule has 0 amide bonds. The number of rotatable bonds is 3. The summed E-state index contributed by atoms with van der Waals surface area (Å²) in [5.74, 6) is 2.42. The molecule has 1 aromatic carbocycles. The molecule has 180 valence electrons. The molecule has 2 N–H and O–H groups in total. The van der Waals surface area contributed by atoms with Gasteiger partial charge in [0.15, 0.2) is 0 Å². The van der Waals surface area contributed by atoms with Crippen LogP contribution in [0.1, 0.15) is 63.8 Å². The fraction of sp³-hybridized carbons (Fsp3) is 0.615. The van der Waals surface area contributed by atoms with Crippen LogP contribution in [0.4, 0.5) is 0 Å². The maximum absolute atomic E-state index is 13.4. The van der Waals surface area contributed by atoms with E-state index < -0.39 is 18.6 Å². The molecule has 8 heteroatoms. The van der Waals surface area contributed by atoms with Gasteiger partial charge in [-0.1, -0.05) is 30.2 Å². The van der Waals surface area contributed by atoms with E-state index in [1.807, 2.05) is 12.1 Å². The molecule has 2 aromatic rings. The van der Waals surface area contributed by atoms with Gasteiger partial charge in [0.2, 0.25) is 5.44 Å². The second kappa shape index (κ2) is 7.60. The van der Waals surface area contributed by atoms with Crippen LogP contribution in [-0.4, -0.2) is 42.4 Å². The second-order valence-electron chi connectivity index (χ2n) is 11.4. The van der Waals surface area contributed by atoms with E-state index in [4.69, 9.17) is 0 Å². The third-order valence-electron chi connectivity index (χ3n) is 9.51. The number of allylic oxidation sites excluding steroid dienone is 2. The van der Waals surface area contributed by atoms with Crippen molar-refractivity contribution in [2.24, 2.45) is 17.8 Å². The van der Waals surface area contributed by atoms with Crippen LogP contribution in [0.3, 0.4) is 0 Å². The number of para-hydroxylation sites is 2. The highest BCUT2D eigenvalue weighted by Crippen LogP contribution is 2.56. The standard InChI is InChI=1S/C26H32N3O4P/c30-26-25(34(31,32)33)27-23-6-1-2-7-24(23)29(26)21-13-18-4-3-5-19(14-21)28(18)20-9-15-8-16-11-17(12-20)22(16)10-15/h1-2,6-7,10,15-21H,3-5,8-9,11-14H2,(H2,31,32,33). The third-order valence-corrected chi connectivity index (χ3v) is 10.3. The summed E-state index contributed by atoms with van der Waals surface area (Å²) in [7, 11) is -4.77. The van der Waals surface area contributed by atoms with Gasteiger partial charge in [0.1, 0.15) is 0 Å². The maximum atomic E-state index is 13.4. The maximum Gasteiger partial charge on any atom is 0.380 e. The summed E-state index contributed by atoms with van der Waals surface area (Å²) < 4.78 is 13.8. The van der Waals surface area contributed by atoms with Gasteiger partial charge in [-0.25, -0.2) is 4.98 Å². The van der Waals surface area contributed by atoms with Crippen LogP contribution in [0, 0.1) is 17.8 Å². The highest BCUT2D eigenvalue weighted by atomic mass is 31.2. The number of benzene rings is 1. The SMILES string of the molecule is O=c1c(P(=O)(O)O)nc2ccccc2n1C1CC2CCCC(C1)N2C1CC2C=C3C(C2)CC3C1. The summed E-state index contributed by atoms with van der Waals surface area (Å²) in [6.07, 6.45) is 13.1. The molecular formula is C26H32N3O4P. The Bertz CT molecular complexity index is 1280. The molecule has 7 rings (SSSR count). The first-order valence-electron chi connectivity index (χ1n) is 12.9. The highest BCUT2D eigenvalue weighted by Gasteiger charge is 2.49. The molecule has 1 aromatic heterocycles. The van der Waals surface area contributed by atoms with Gasteiger partial charge < -0.3 is 14.4 Å². The van der Waals surface area contributed by atoms with Crippen LogP contribution in [0.25, 0.3) is 11.0 Å². The zero-order valence-corrected chi connectivity index (χ0v) is 20.2. The number of hydrogen-bond acceptors (Lipinski definition) is 4. The Morgan fingerprint density at radius 1 is 0.882 bits per heavy atom. The molecule has 0 radical (unpaired) electrons. The van der Waals surface area contributed by atoms with Crippen LogP contribution in [0.15, 0.2) is 40.7 Å². The van der Waals surface area contributed by atoms with E-state index in [0.717, 1.165) is 43.4 Å². The molecule has 6 atom stereocenters. The largest absolute Gasteiger partial charge is 0.380 e. The number of piperidine rings is 2. The van der Waals surface area contributed by atoms with E-state index >= 15 is 0 Å². The molecule has 7 nitrogen and oxygen atoms in total. The summed E-state index contributed by atoms with van der Waals surface area (Å²) in [6.45, 7) is 0. The first kappa shape index (κ1) is 21.5. The normalized spacial score (nSPS) is 37.2. The van der Waals surface area contributed by atoms with Crippen molar-refractivity contribution in [1.29, 1.82) is 0 Å². The van der Waals surface area contributed by atoms with Crippen molar-refractivity contribution in [3.63, 3.8) is 0 Å². The smallest absolute Gasteiger partial charge is 0.320 e. The van der Waals surface area contributed by atoms with Crippen molar-refractivity contribution in [1.82, 2.24) is 14.5 Å². The topological polar surface area (TPSA) is 95.7 Å². The zero-order valence-electron chi connectivity index (χ0n) is 19.3. The minimum atomic E-state index is -4.77. The van der Waals surface area contributed by atoms with E-state index in [-0.39, 0.29) is 6.04 Å². The van der Waals surface area contributed by atoms with Crippen LogP contribution in [-0.2, 0) is 4.57 Å². The van der Waals surface area contributed by atoms with Gasteiger partial charge in [-0.3, -0.25) is 14.3 Å². The Hall–Kier alpha value is -1.79. The Balaban J connectivity index is 1.24. The second-order valence-corrected chi connectivity index (χ2v) is 12.9. The van der Waals surface area contributed by atoms with Gasteiger partial charge >= 0.3 is 7.60 Å². The highest BCUT2D eigenvalue weighted by molar-refractivity contribution is 7.59. The van der Waals surface area contributed by atoms with Gasteiger partial charge in [0, 0.05) is 24.2 Å². The average Bonchev–Trinajstić information content (AvgIpc) is 3.00. The molecule has 3 heterocycles. The lowest BCUT2D eigenvalue weighted by Crippen LogP contribution is -2.58. The van der Waals surface area contributed by atoms with Crippen LogP contribution < -0.4 is 11.0 Å². The molecule has 2 aliphatic heterocycles. The van der Waals surface area contributed by atoms with Crippen LogP contribution >= 0.6 is 7.60 Å². The molecule has 6 unspecified atom stereocenters. The third kappa shape index (κ3) is 3.24. The van der Waals surface area contributed by atoms with Crippen molar-refractivity contribution in [3.8, 4) is 0 Å². The van der Waals surface area contributed by atoms with Crippen molar-refractivity contribution in [3.05, 3.63) is 46.3 Å². The van der Waals surface area contributed by atoms with E-state index in [9.17, 15) is 19.1 Å². The number of fused-ring (bicyclic) bond motifs is 4. The fourth-order valence-electron chi connectivity index (χ4n) is 8.30. The van der Waals surface area contributed by atoms with Crippen LogP contribution in [0.5, 0.6) is 0 Å². The molecule has 5 aliphatic rings. The number of nitrogens with zero attached hydrogens (tertiary/aromatic N) is 3. The Morgan fingerprint density at radius 2 is 1.62 bits per heavy atom. The lowest BCUT2D eigenvalue weighted by atomic mass is 9.66. The molecular weight excluding hydrogens is 449 g/mol. The van der Waals surface area contributed by atoms with E-state index in [1.54, 1.807) is 22.3 Å². The predicted molar refractivity (Wildman–Crippen MR) is 130 cm³/mol. The van der Waals surface area contributed by atoms with Crippen molar-refractivity contribution < 1.29 is 14.4 Å². The van der Waals surface area contributed by atoms with Gasteiger partial charge in [0.05, 0.1) is 11.0 Å². The lowest BCUT2D eigenvalue weighted by Gasteiger charge is -2.54. The first-order valence-corrected chi connectivity index (χ1v) is 14.5. The number of hydrogen-bond donors (Lipinski definition) is 2. The lowest BCUT2D eigenvalue weighted by molar-refractivity contribution is -0.0344. The average molecular weight is 482 g/mol. The molecule has 1 saturated carbocycles. The summed E-state index contributed by atoms with van der Waals surface area (Å²) in [5, 5.41) is 0. The van der Waals surface area contributed by atoms with E-state index in [0.29, 0.717) is 29.2 Å². The molecule has 3 aliphatic carbocycles. The Labute approximate surface area is 199 Å². The van der Waals surface area contributed by atoms with E-state index in [1.165, 1.54) is 32.1 Å². The van der Waals surface area contributed by atoms with Crippen molar-refractivity contribution >= 4 is 24.1 Å². The van der Waals surface area contributed by atoms with Crippen LogP contribution in [0.2, 0.25) is 0 Å². The summed E-state index contributed by atoms with van der Waals surface area (Å²) in [4.78, 5) is 40.0. The monoisotopic (exact) mass is 481 g/mol. The Kier molecular flexibility index (Phi) is 4.81. The summed E-state index contributed by atoms with van der Waals surface area (Å²) in [6, 6.07) is 8.68. The molecule has 2 saturated heterocycles. The quantitative estimate of drug-likeness (QED) is 0.515. The van der Waals surface area contributed by atoms with E-state index in [2.05, 4.69) is 16.0 Å². The predicted octanol–water partition coefficient (Wildman–Crippen LogP) is 3.50.